The maximum Gasteiger partial charge on any atom is 0.303 e. The molecule has 0 aromatic carbocycles. The first-order valence-corrected chi connectivity index (χ1v) is 8.26. The molecule has 0 bridgehead atoms. The van der Waals surface area contributed by atoms with Gasteiger partial charge in [0.15, 0.2) is 0 Å². The zero-order valence-electron chi connectivity index (χ0n) is 11.1. The molecule has 1 aromatic heterocycles. The van der Waals surface area contributed by atoms with Crippen LogP contribution in [0.25, 0.3) is 0 Å². The van der Waals surface area contributed by atoms with Crippen LogP contribution in [0.3, 0.4) is 0 Å². The molecule has 0 spiro atoms. The van der Waals surface area contributed by atoms with Crippen molar-refractivity contribution in [2.45, 2.75) is 51.5 Å². The van der Waals surface area contributed by atoms with E-state index in [4.69, 9.17) is 10.8 Å². The van der Waals surface area contributed by atoms with Gasteiger partial charge in [-0.05, 0) is 53.6 Å². The maximum absolute atomic E-state index is 11.1. The Hall–Kier alpha value is -0.390. The van der Waals surface area contributed by atoms with Gasteiger partial charge in [0.05, 0.1) is 6.42 Å². The largest absolute Gasteiger partial charge is 0.481 e. The number of carbonyl (C=O) groups is 1. The lowest BCUT2D eigenvalue weighted by molar-refractivity contribution is -0.139. The molecule has 3 N–H and O–H groups in total. The molecule has 1 saturated carbocycles. The van der Waals surface area contributed by atoms with Crippen LogP contribution in [-0.2, 0) is 4.79 Å². The second-order valence-electron chi connectivity index (χ2n) is 5.64. The van der Waals surface area contributed by atoms with Crippen molar-refractivity contribution >= 4 is 33.2 Å². The number of thiophene rings is 1. The molecule has 19 heavy (non-hydrogen) atoms. The Morgan fingerprint density at radius 1 is 1.58 bits per heavy atom. The van der Waals surface area contributed by atoms with Crippen molar-refractivity contribution in [1.82, 2.24) is 0 Å². The van der Waals surface area contributed by atoms with Crippen LogP contribution in [0.5, 0.6) is 0 Å². The van der Waals surface area contributed by atoms with Crippen molar-refractivity contribution in [3.63, 3.8) is 0 Å². The minimum atomic E-state index is -0.697. The average Bonchev–Trinajstić information content (AvgIpc) is 2.87. The summed E-state index contributed by atoms with van der Waals surface area (Å²) in [5.41, 5.74) is 6.23. The van der Waals surface area contributed by atoms with Crippen molar-refractivity contribution in [1.29, 1.82) is 0 Å². The molecule has 0 amide bonds. The SMILES string of the molecule is Cc1sc(C(N)CC2(CC(=O)O)CCCC2)cc1Br. The molecule has 5 heteroatoms. The summed E-state index contributed by atoms with van der Waals surface area (Å²) in [6, 6.07) is 2.03. The molecular formula is C14H20BrNO2S. The van der Waals surface area contributed by atoms with E-state index in [1.807, 2.05) is 0 Å². The molecule has 0 saturated heterocycles. The Morgan fingerprint density at radius 2 is 2.21 bits per heavy atom. The van der Waals surface area contributed by atoms with E-state index in [-0.39, 0.29) is 17.9 Å². The van der Waals surface area contributed by atoms with Gasteiger partial charge in [0.1, 0.15) is 0 Å². The molecule has 1 fully saturated rings. The summed E-state index contributed by atoms with van der Waals surface area (Å²) >= 11 is 5.22. The Morgan fingerprint density at radius 3 is 2.68 bits per heavy atom. The van der Waals surface area contributed by atoms with Gasteiger partial charge in [0.2, 0.25) is 0 Å². The van der Waals surface area contributed by atoms with Crippen LogP contribution < -0.4 is 5.73 Å². The third-order valence-corrected chi connectivity index (χ3v) is 6.35. The van der Waals surface area contributed by atoms with Gasteiger partial charge >= 0.3 is 5.97 Å². The highest BCUT2D eigenvalue weighted by Crippen LogP contribution is 2.47. The highest BCUT2D eigenvalue weighted by molar-refractivity contribution is 9.10. The summed E-state index contributed by atoms with van der Waals surface area (Å²) in [7, 11) is 0. The van der Waals surface area contributed by atoms with Gasteiger partial charge in [-0.1, -0.05) is 12.8 Å². The van der Waals surface area contributed by atoms with Gasteiger partial charge in [-0.15, -0.1) is 11.3 Å². The predicted molar refractivity (Wildman–Crippen MR) is 81.5 cm³/mol. The van der Waals surface area contributed by atoms with Crippen LogP contribution in [0, 0.1) is 12.3 Å². The summed E-state index contributed by atoms with van der Waals surface area (Å²) in [5, 5.41) is 9.13. The highest BCUT2D eigenvalue weighted by atomic mass is 79.9. The molecule has 1 aromatic rings. The van der Waals surface area contributed by atoms with Crippen molar-refractivity contribution in [2.24, 2.45) is 11.1 Å². The molecule has 1 aliphatic rings. The Kier molecular flexibility index (Phi) is 4.69. The fourth-order valence-electron chi connectivity index (χ4n) is 3.13. The first-order chi connectivity index (χ1) is 8.92. The van der Waals surface area contributed by atoms with Gasteiger partial charge in [0.25, 0.3) is 0 Å². The Balaban J connectivity index is 2.10. The lowest BCUT2D eigenvalue weighted by atomic mass is 9.77. The summed E-state index contributed by atoms with van der Waals surface area (Å²) in [6.45, 7) is 2.06. The van der Waals surface area contributed by atoms with Crippen LogP contribution in [0.1, 0.15) is 54.3 Å². The average molecular weight is 346 g/mol. The smallest absolute Gasteiger partial charge is 0.303 e. The van der Waals surface area contributed by atoms with Crippen LogP contribution in [-0.4, -0.2) is 11.1 Å². The molecule has 3 nitrogen and oxygen atoms in total. The van der Waals surface area contributed by atoms with Gasteiger partial charge in [-0.3, -0.25) is 4.79 Å². The fraction of sp³-hybridized carbons (Fsp3) is 0.643. The van der Waals surface area contributed by atoms with Gasteiger partial charge in [-0.25, -0.2) is 0 Å². The maximum atomic E-state index is 11.1. The number of aliphatic carboxylic acids is 1. The molecule has 1 aliphatic carbocycles. The first kappa shape index (κ1) is 15.0. The molecule has 0 radical (unpaired) electrons. The Labute approximate surface area is 126 Å². The zero-order chi connectivity index (χ0) is 14.0. The normalized spacial score (nSPS) is 19.5. The molecule has 1 atom stereocenters. The Bertz CT molecular complexity index is 447. The van der Waals surface area contributed by atoms with Crippen molar-refractivity contribution in [3.05, 3.63) is 20.3 Å². The minimum absolute atomic E-state index is 0.0487. The summed E-state index contributed by atoms with van der Waals surface area (Å²) in [5.74, 6) is -0.697. The number of aryl methyl sites for hydroxylation is 1. The van der Waals surface area contributed by atoms with Gasteiger partial charge in [0, 0.05) is 20.3 Å². The second kappa shape index (κ2) is 5.94. The van der Waals surface area contributed by atoms with E-state index in [9.17, 15) is 4.79 Å². The predicted octanol–water partition coefficient (Wildman–Crippen LogP) is 4.24. The third kappa shape index (κ3) is 3.58. The highest BCUT2D eigenvalue weighted by Gasteiger charge is 2.37. The summed E-state index contributed by atoms with van der Waals surface area (Å²) in [6.07, 6.45) is 5.30. The topological polar surface area (TPSA) is 63.3 Å². The van der Waals surface area contributed by atoms with Crippen LogP contribution >= 0.6 is 27.3 Å². The van der Waals surface area contributed by atoms with E-state index >= 15 is 0 Å². The van der Waals surface area contributed by atoms with Gasteiger partial charge in [-0.2, -0.15) is 0 Å². The molecule has 1 heterocycles. The van der Waals surface area contributed by atoms with E-state index in [1.165, 1.54) is 4.88 Å². The number of carboxylic acids is 1. The second-order valence-corrected chi connectivity index (χ2v) is 7.78. The molecular weight excluding hydrogens is 326 g/mol. The van der Waals surface area contributed by atoms with E-state index in [1.54, 1.807) is 11.3 Å². The number of hydrogen-bond acceptors (Lipinski definition) is 3. The standard InChI is InChI=1S/C14H20BrNO2S/c1-9-10(15)6-12(19-9)11(16)7-14(8-13(17)18)4-2-3-5-14/h6,11H,2-5,7-8,16H2,1H3,(H,17,18). The summed E-state index contributed by atoms with van der Waals surface area (Å²) in [4.78, 5) is 13.5. The number of rotatable bonds is 5. The van der Waals surface area contributed by atoms with Crippen molar-refractivity contribution in [3.8, 4) is 0 Å². The van der Waals surface area contributed by atoms with Crippen molar-refractivity contribution in [2.75, 3.05) is 0 Å². The van der Waals surface area contributed by atoms with Crippen LogP contribution in [0.2, 0.25) is 0 Å². The fourth-order valence-corrected chi connectivity index (χ4v) is 4.69. The lowest BCUT2D eigenvalue weighted by Crippen LogP contribution is -2.26. The van der Waals surface area contributed by atoms with E-state index < -0.39 is 5.97 Å². The zero-order valence-corrected chi connectivity index (χ0v) is 13.5. The number of halogens is 1. The molecule has 106 valence electrons. The number of nitrogens with two attached hydrogens (primary N) is 1. The van der Waals surface area contributed by atoms with Crippen molar-refractivity contribution < 1.29 is 9.90 Å². The van der Waals surface area contributed by atoms with E-state index in [0.717, 1.165) is 41.5 Å². The quantitative estimate of drug-likeness (QED) is 0.838. The first-order valence-electron chi connectivity index (χ1n) is 6.65. The minimum Gasteiger partial charge on any atom is -0.481 e. The van der Waals surface area contributed by atoms with E-state index in [2.05, 4.69) is 28.9 Å². The number of carboxylic acid groups (broad SMARTS) is 1. The molecule has 0 aliphatic heterocycles. The van der Waals surface area contributed by atoms with Gasteiger partial charge < -0.3 is 10.8 Å². The summed E-state index contributed by atoms with van der Waals surface area (Å²) < 4.78 is 1.10. The van der Waals surface area contributed by atoms with E-state index in [0.29, 0.717) is 0 Å². The monoisotopic (exact) mass is 345 g/mol. The molecule has 1 unspecified atom stereocenters. The van der Waals surface area contributed by atoms with Crippen LogP contribution in [0.4, 0.5) is 0 Å². The molecule has 2 rings (SSSR count). The number of hydrogen-bond donors (Lipinski definition) is 2. The lowest BCUT2D eigenvalue weighted by Gasteiger charge is -2.29. The van der Waals surface area contributed by atoms with Crippen LogP contribution in [0.15, 0.2) is 10.5 Å². The third-order valence-electron chi connectivity index (χ3n) is 4.09.